The van der Waals surface area contributed by atoms with Gasteiger partial charge in [-0.25, -0.2) is 9.78 Å². The maximum absolute atomic E-state index is 10.9. The molecular formula is C14H13NO5. The number of benzene rings is 1. The van der Waals surface area contributed by atoms with Gasteiger partial charge in [0.1, 0.15) is 0 Å². The van der Waals surface area contributed by atoms with Crippen LogP contribution < -0.4 is 14.2 Å². The highest BCUT2D eigenvalue weighted by molar-refractivity contribution is 5.85. The number of aromatic nitrogens is 1. The van der Waals surface area contributed by atoms with Gasteiger partial charge in [-0.3, -0.25) is 0 Å². The first-order valence-corrected chi connectivity index (χ1v) is 5.75. The van der Waals surface area contributed by atoms with Crippen LogP contribution in [0.25, 0.3) is 0 Å². The Labute approximate surface area is 115 Å². The molecule has 0 saturated carbocycles. The molecule has 20 heavy (non-hydrogen) atoms. The van der Waals surface area contributed by atoms with Crippen molar-refractivity contribution in [3.05, 3.63) is 42.1 Å². The average molecular weight is 275 g/mol. The zero-order chi connectivity index (χ0) is 14.5. The summed E-state index contributed by atoms with van der Waals surface area (Å²) in [6.45, 7) is 0. The van der Waals surface area contributed by atoms with Gasteiger partial charge in [0.05, 0.1) is 14.2 Å². The summed E-state index contributed by atoms with van der Waals surface area (Å²) in [6, 6.07) is 9.66. The van der Waals surface area contributed by atoms with E-state index in [-0.39, 0.29) is 11.6 Å². The molecule has 104 valence electrons. The third-order valence-corrected chi connectivity index (χ3v) is 2.53. The molecule has 1 aromatic carbocycles. The van der Waals surface area contributed by atoms with Gasteiger partial charge in [0.15, 0.2) is 17.2 Å². The van der Waals surface area contributed by atoms with Crippen LogP contribution in [0.1, 0.15) is 10.5 Å². The van der Waals surface area contributed by atoms with Crippen molar-refractivity contribution in [1.82, 2.24) is 4.98 Å². The fraction of sp³-hybridized carbons (Fsp3) is 0.143. The highest BCUT2D eigenvalue weighted by Gasteiger charge is 2.14. The van der Waals surface area contributed by atoms with Crippen LogP contribution in [-0.2, 0) is 0 Å². The molecule has 0 aliphatic heterocycles. The largest absolute Gasteiger partial charge is 0.493 e. The van der Waals surface area contributed by atoms with Crippen LogP contribution in [0.3, 0.4) is 0 Å². The summed E-state index contributed by atoms with van der Waals surface area (Å²) in [7, 11) is 3.01. The minimum Gasteiger partial charge on any atom is -0.493 e. The molecule has 0 fully saturated rings. The normalized spacial score (nSPS) is 9.90. The summed E-state index contributed by atoms with van der Waals surface area (Å²) in [5, 5.41) is 8.91. The summed E-state index contributed by atoms with van der Waals surface area (Å²) < 4.78 is 16.0. The number of nitrogens with zero attached hydrogens (tertiary/aromatic N) is 1. The molecule has 2 rings (SSSR count). The topological polar surface area (TPSA) is 77.9 Å². The van der Waals surface area contributed by atoms with Gasteiger partial charge < -0.3 is 19.3 Å². The van der Waals surface area contributed by atoms with Crippen LogP contribution in [0.2, 0.25) is 0 Å². The number of hydrogen-bond acceptors (Lipinski definition) is 5. The van der Waals surface area contributed by atoms with Crippen LogP contribution in [0, 0.1) is 0 Å². The standard InChI is InChI=1S/C14H13NO5/c1-18-10-6-4-7-11(19-2)13(10)20-12-8-3-5-9(15-12)14(16)17/h3-8H,1-2H3,(H,16,17). The molecule has 6 nitrogen and oxygen atoms in total. The molecule has 0 unspecified atom stereocenters. The van der Waals surface area contributed by atoms with E-state index in [1.807, 2.05) is 0 Å². The Kier molecular flexibility index (Phi) is 4.05. The number of pyridine rings is 1. The van der Waals surface area contributed by atoms with E-state index in [0.717, 1.165) is 0 Å². The average Bonchev–Trinajstić information content (AvgIpc) is 2.47. The van der Waals surface area contributed by atoms with Gasteiger partial charge in [0.2, 0.25) is 11.6 Å². The lowest BCUT2D eigenvalue weighted by molar-refractivity contribution is 0.0689. The third kappa shape index (κ3) is 2.80. The smallest absolute Gasteiger partial charge is 0.354 e. The minimum absolute atomic E-state index is 0.101. The predicted molar refractivity (Wildman–Crippen MR) is 70.8 cm³/mol. The molecule has 1 N–H and O–H groups in total. The first-order chi connectivity index (χ1) is 9.65. The molecule has 0 radical (unpaired) electrons. The van der Waals surface area contributed by atoms with Crippen molar-refractivity contribution < 1.29 is 24.1 Å². The molecule has 0 amide bonds. The molecule has 2 aromatic rings. The fourth-order valence-corrected chi connectivity index (χ4v) is 1.61. The number of ether oxygens (including phenoxy) is 3. The SMILES string of the molecule is COc1cccc(OC)c1Oc1cccc(C(=O)O)n1. The van der Waals surface area contributed by atoms with Gasteiger partial charge in [-0.2, -0.15) is 0 Å². The number of para-hydroxylation sites is 1. The first kappa shape index (κ1) is 13.7. The predicted octanol–water partition coefficient (Wildman–Crippen LogP) is 2.59. The van der Waals surface area contributed by atoms with E-state index in [9.17, 15) is 4.79 Å². The highest BCUT2D eigenvalue weighted by Crippen LogP contribution is 2.39. The van der Waals surface area contributed by atoms with Crippen molar-refractivity contribution in [2.45, 2.75) is 0 Å². The summed E-state index contributed by atoms with van der Waals surface area (Å²) in [5.74, 6) is 0.293. The van der Waals surface area contributed by atoms with E-state index in [4.69, 9.17) is 19.3 Å². The Bertz CT molecular complexity index is 604. The second-order valence-electron chi connectivity index (χ2n) is 3.76. The quantitative estimate of drug-likeness (QED) is 0.903. The van der Waals surface area contributed by atoms with Crippen LogP contribution >= 0.6 is 0 Å². The molecular weight excluding hydrogens is 262 g/mol. The monoisotopic (exact) mass is 275 g/mol. The van der Waals surface area contributed by atoms with E-state index in [2.05, 4.69) is 4.98 Å². The molecule has 1 heterocycles. The van der Waals surface area contributed by atoms with E-state index >= 15 is 0 Å². The van der Waals surface area contributed by atoms with E-state index in [1.54, 1.807) is 30.3 Å². The Balaban J connectivity index is 2.39. The summed E-state index contributed by atoms with van der Waals surface area (Å²) in [5.41, 5.74) is -0.101. The van der Waals surface area contributed by atoms with Crippen LogP contribution in [-0.4, -0.2) is 30.3 Å². The van der Waals surface area contributed by atoms with Gasteiger partial charge in [-0.05, 0) is 18.2 Å². The van der Waals surface area contributed by atoms with Gasteiger partial charge in [-0.1, -0.05) is 12.1 Å². The molecule has 1 aromatic heterocycles. The van der Waals surface area contributed by atoms with Gasteiger partial charge >= 0.3 is 5.97 Å². The van der Waals surface area contributed by atoms with Crippen LogP contribution in [0.15, 0.2) is 36.4 Å². The Morgan fingerprint density at radius 1 is 1.05 bits per heavy atom. The fourth-order valence-electron chi connectivity index (χ4n) is 1.61. The van der Waals surface area contributed by atoms with Gasteiger partial charge in [0.25, 0.3) is 0 Å². The summed E-state index contributed by atoms with van der Waals surface area (Å²) in [4.78, 5) is 14.8. The van der Waals surface area contributed by atoms with Crippen molar-refractivity contribution in [3.8, 4) is 23.1 Å². The van der Waals surface area contributed by atoms with Crippen molar-refractivity contribution in [3.63, 3.8) is 0 Å². The Morgan fingerprint density at radius 2 is 1.65 bits per heavy atom. The summed E-state index contributed by atoms with van der Waals surface area (Å²) >= 11 is 0. The molecule has 0 aliphatic rings. The second-order valence-corrected chi connectivity index (χ2v) is 3.76. The maximum Gasteiger partial charge on any atom is 0.354 e. The number of aromatic carboxylic acids is 1. The zero-order valence-electron chi connectivity index (χ0n) is 11.0. The van der Waals surface area contributed by atoms with Crippen molar-refractivity contribution in [1.29, 1.82) is 0 Å². The van der Waals surface area contributed by atoms with Crippen LogP contribution in [0.4, 0.5) is 0 Å². The van der Waals surface area contributed by atoms with E-state index in [0.29, 0.717) is 17.2 Å². The van der Waals surface area contributed by atoms with Crippen LogP contribution in [0.5, 0.6) is 23.1 Å². The Morgan fingerprint density at radius 3 is 2.20 bits per heavy atom. The first-order valence-electron chi connectivity index (χ1n) is 5.75. The lowest BCUT2D eigenvalue weighted by atomic mass is 10.3. The number of carbonyl (C=O) groups is 1. The number of hydrogen-bond donors (Lipinski definition) is 1. The highest BCUT2D eigenvalue weighted by atomic mass is 16.5. The third-order valence-electron chi connectivity index (χ3n) is 2.53. The lowest BCUT2D eigenvalue weighted by Gasteiger charge is -2.13. The zero-order valence-corrected chi connectivity index (χ0v) is 11.0. The van der Waals surface area contributed by atoms with Gasteiger partial charge in [-0.15, -0.1) is 0 Å². The molecule has 0 atom stereocenters. The molecule has 0 spiro atoms. The lowest BCUT2D eigenvalue weighted by Crippen LogP contribution is -2.01. The van der Waals surface area contributed by atoms with Gasteiger partial charge in [0, 0.05) is 6.07 Å². The van der Waals surface area contributed by atoms with E-state index in [1.165, 1.54) is 20.3 Å². The molecule has 6 heteroatoms. The maximum atomic E-state index is 10.9. The van der Waals surface area contributed by atoms with Crippen molar-refractivity contribution in [2.24, 2.45) is 0 Å². The molecule has 0 aliphatic carbocycles. The number of rotatable bonds is 5. The molecule has 0 bridgehead atoms. The minimum atomic E-state index is -1.12. The second kappa shape index (κ2) is 5.92. The van der Waals surface area contributed by atoms with Crippen molar-refractivity contribution in [2.75, 3.05) is 14.2 Å². The number of methoxy groups -OCH3 is 2. The number of carboxylic acid groups (broad SMARTS) is 1. The van der Waals surface area contributed by atoms with Crippen molar-refractivity contribution >= 4 is 5.97 Å². The summed E-state index contributed by atoms with van der Waals surface area (Å²) in [6.07, 6.45) is 0. The number of carboxylic acids is 1. The van der Waals surface area contributed by atoms with E-state index < -0.39 is 5.97 Å². The Hall–Kier alpha value is -2.76. The molecule has 0 saturated heterocycles.